The lowest BCUT2D eigenvalue weighted by molar-refractivity contribution is -0.130. The molecule has 152 valence electrons. The second-order valence-electron chi connectivity index (χ2n) is 6.91. The average Bonchev–Trinajstić information content (AvgIpc) is 3.32. The molecule has 7 nitrogen and oxygen atoms in total. The van der Waals surface area contributed by atoms with Crippen LogP contribution in [0, 0.1) is 13.8 Å². The van der Waals surface area contributed by atoms with Crippen molar-refractivity contribution in [2.24, 2.45) is 0 Å². The lowest BCUT2D eigenvalue weighted by atomic mass is 10.1. The number of hydrogen-bond donors (Lipinski definition) is 0. The molecule has 0 unspecified atom stereocenters. The number of oxazole rings is 1. The number of hydrogen-bond acceptors (Lipinski definition) is 6. The van der Waals surface area contributed by atoms with Crippen LogP contribution in [-0.2, 0) is 22.5 Å². The Labute approximate surface area is 169 Å². The standard InChI is InChI=1S/C22H24N2O5/c1-14-5-7-16(8-6-14)19-12-23-20(29-19)9-10-21(25)24(3)13-17-11-18(15(2)28-17)22(26)27-4/h5-8,11-12H,9-10,13H2,1-4H3. The van der Waals surface area contributed by atoms with Crippen molar-refractivity contribution in [3.8, 4) is 11.3 Å². The maximum absolute atomic E-state index is 12.4. The summed E-state index contributed by atoms with van der Waals surface area (Å²) in [5.41, 5.74) is 2.49. The van der Waals surface area contributed by atoms with Crippen LogP contribution in [-0.4, -0.2) is 35.9 Å². The number of rotatable bonds is 7. The maximum atomic E-state index is 12.4. The molecule has 0 bridgehead atoms. The first-order valence-electron chi connectivity index (χ1n) is 9.30. The summed E-state index contributed by atoms with van der Waals surface area (Å²) in [6.07, 6.45) is 2.34. The Hall–Kier alpha value is -3.35. The summed E-state index contributed by atoms with van der Waals surface area (Å²) in [4.78, 5) is 29.9. The van der Waals surface area contributed by atoms with Crippen molar-refractivity contribution in [2.45, 2.75) is 33.2 Å². The number of aryl methyl sites for hydroxylation is 3. The molecule has 0 aliphatic rings. The highest BCUT2D eigenvalue weighted by Gasteiger charge is 2.18. The largest absolute Gasteiger partial charge is 0.465 e. The van der Waals surface area contributed by atoms with Gasteiger partial charge in [-0.15, -0.1) is 0 Å². The minimum Gasteiger partial charge on any atom is -0.465 e. The average molecular weight is 396 g/mol. The van der Waals surface area contributed by atoms with Crippen LogP contribution in [0.2, 0.25) is 0 Å². The molecule has 0 fully saturated rings. The summed E-state index contributed by atoms with van der Waals surface area (Å²) < 4.78 is 16.0. The smallest absolute Gasteiger partial charge is 0.341 e. The van der Waals surface area contributed by atoms with E-state index in [1.54, 1.807) is 31.1 Å². The molecule has 2 aromatic heterocycles. The molecule has 1 aromatic carbocycles. The third-order valence-corrected chi connectivity index (χ3v) is 4.64. The maximum Gasteiger partial charge on any atom is 0.341 e. The quantitative estimate of drug-likeness (QED) is 0.563. The molecular formula is C22H24N2O5. The Morgan fingerprint density at radius 3 is 2.55 bits per heavy atom. The Morgan fingerprint density at radius 1 is 1.14 bits per heavy atom. The number of carbonyl (C=O) groups excluding carboxylic acids is 2. The zero-order valence-corrected chi connectivity index (χ0v) is 17.0. The van der Waals surface area contributed by atoms with Gasteiger partial charge in [0.05, 0.1) is 19.9 Å². The number of benzene rings is 1. The number of esters is 1. The molecule has 0 N–H and O–H groups in total. The molecule has 3 aromatic rings. The van der Waals surface area contributed by atoms with Gasteiger partial charge in [0.2, 0.25) is 5.91 Å². The fourth-order valence-electron chi connectivity index (χ4n) is 2.94. The first-order chi connectivity index (χ1) is 13.9. The fraction of sp³-hybridized carbons (Fsp3) is 0.318. The number of amides is 1. The van der Waals surface area contributed by atoms with E-state index in [9.17, 15) is 9.59 Å². The summed E-state index contributed by atoms with van der Waals surface area (Å²) in [5.74, 6) is 1.66. The van der Waals surface area contributed by atoms with Gasteiger partial charge in [0.1, 0.15) is 17.1 Å². The zero-order chi connectivity index (χ0) is 21.0. The lowest BCUT2D eigenvalue weighted by Gasteiger charge is -2.15. The SMILES string of the molecule is COC(=O)c1cc(CN(C)C(=O)CCc2ncc(-c3ccc(C)cc3)o2)oc1C. The molecule has 0 radical (unpaired) electrons. The predicted octanol–water partition coefficient (Wildman–Crippen LogP) is 3.93. The van der Waals surface area contributed by atoms with Gasteiger partial charge in [0.25, 0.3) is 0 Å². The Kier molecular flexibility index (Phi) is 6.16. The number of aromatic nitrogens is 1. The second kappa shape index (κ2) is 8.77. The van der Waals surface area contributed by atoms with Crippen molar-refractivity contribution in [3.05, 3.63) is 65.1 Å². The van der Waals surface area contributed by atoms with E-state index >= 15 is 0 Å². The minimum absolute atomic E-state index is 0.0752. The third kappa shape index (κ3) is 4.93. The van der Waals surface area contributed by atoms with E-state index in [-0.39, 0.29) is 18.9 Å². The minimum atomic E-state index is -0.459. The van der Waals surface area contributed by atoms with Crippen LogP contribution < -0.4 is 0 Å². The molecule has 3 rings (SSSR count). The highest BCUT2D eigenvalue weighted by molar-refractivity contribution is 5.90. The van der Waals surface area contributed by atoms with E-state index in [4.69, 9.17) is 13.6 Å². The van der Waals surface area contributed by atoms with Gasteiger partial charge in [0.15, 0.2) is 11.7 Å². The molecule has 0 atom stereocenters. The van der Waals surface area contributed by atoms with Gasteiger partial charge in [-0.05, 0) is 19.9 Å². The molecule has 0 saturated heterocycles. The van der Waals surface area contributed by atoms with Crippen LogP contribution in [0.5, 0.6) is 0 Å². The summed E-state index contributed by atoms with van der Waals surface area (Å²) in [5, 5.41) is 0. The van der Waals surface area contributed by atoms with E-state index < -0.39 is 5.97 Å². The van der Waals surface area contributed by atoms with E-state index in [1.165, 1.54) is 12.7 Å². The second-order valence-corrected chi connectivity index (χ2v) is 6.91. The highest BCUT2D eigenvalue weighted by Crippen LogP contribution is 2.22. The van der Waals surface area contributed by atoms with Crippen molar-refractivity contribution >= 4 is 11.9 Å². The van der Waals surface area contributed by atoms with Crippen LogP contribution in [0.25, 0.3) is 11.3 Å². The summed E-state index contributed by atoms with van der Waals surface area (Å²) in [7, 11) is 3.00. The van der Waals surface area contributed by atoms with Crippen LogP contribution in [0.15, 0.2) is 45.4 Å². The Morgan fingerprint density at radius 2 is 1.86 bits per heavy atom. The number of nitrogens with zero attached hydrogens (tertiary/aromatic N) is 2. The summed E-state index contributed by atoms with van der Waals surface area (Å²) in [6, 6.07) is 9.59. The molecule has 0 saturated carbocycles. The number of methoxy groups -OCH3 is 1. The Balaban J connectivity index is 1.55. The van der Waals surface area contributed by atoms with Gasteiger partial charge in [0, 0.05) is 25.5 Å². The van der Waals surface area contributed by atoms with Crippen molar-refractivity contribution in [1.82, 2.24) is 9.88 Å². The van der Waals surface area contributed by atoms with Crippen LogP contribution in [0.4, 0.5) is 0 Å². The van der Waals surface area contributed by atoms with Gasteiger partial charge in [-0.2, -0.15) is 0 Å². The van der Waals surface area contributed by atoms with E-state index in [2.05, 4.69) is 4.98 Å². The Bertz CT molecular complexity index is 1000. The van der Waals surface area contributed by atoms with E-state index in [0.717, 1.165) is 5.56 Å². The first-order valence-corrected chi connectivity index (χ1v) is 9.30. The normalized spacial score (nSPS) is 10.8. The van der Waals surface area contributed by atoms with Crippen LogP contribution >= 0.6 is 0 Å². The van der Waals surface area contributed by atoms with Crippen molar-refractivity contribution in [2.75, 3.05) is 14.2 Å². The van der Waals surface area contributed by atoms with Crippen molar-refractivity contribution in [1.29, 1.82) is 0 Å². The van der Waals surface area contributed by atoms with Gasteiger partial charge >= 0.3 is 5.97 Å². The molecule has 1 amide bonds. The molecular weight excluding hydrogens is 372 g/mol. The number of furan rings is 1. The van der Waals surface area contributed by atoms with Gasteiger partial charge < -0.3 is 18.5 Å². The van der Waals surface area contributed by atoms with E-state index in [1.807, 2.05) is 31.2 Å². The summed E-state index contributed by atoms with van der Waals surface area (Å²) in [6.45, 7) is 3.97. The fourth-order valence-corrected chi connectivity index (χ4v) is 2.94. The first kappa shape index (κ1) is 20.4. The molecule has 0 aliphatic carbocycles. The third-order valence-electron chi connectivity index (χ3n) is 4.64. The molecule has 29 heavy (non-hydrogen) atoms. The van der Waals surface area contributed by atoms with Gasteiger partial charge in [-0.25, -0.2) is 9.78 Å². The van der Waals surface area contributed by atoms with Crippen LogP contribution in [0.3, 0.4) is 0 Å². The molecule has 2 heterocycles. The summed E-state index contributed by atoms with van der Waals surface area (Å²) >= 11 is 0. The predicted molar refractivity (Wildman–Crippen MR) is 106 cm³/mol. The van der Waals surface area contributed by atoms with Crippen molar-refractivity contribution in [3.63, 3.8) is 0 Å². The number of ether oxygens (including phenoxy) is 1. The van der Waals surface area contributed by atoms with Gasteiger partial charge in [-0.3, -0.25) is 4.79 Å². The molecule has 7 heteroatoms. The van der Waals surface area contributed by atoms with Crippen LogP contribution in [0.1, 0.15) is 39.8 Å². The van der Waals surface area contributed by atoms with Gasteiger partial charge in [-0.1, -0.05) is 29.8 Å². The molecule has 0 aliphatic heterocycles. The molecule has 0 spiro atoms. The van der Waals surface area contributed by atoms with E-state index in [0.29, 0.717) is 35.2 Å². The lowest BCUT2D eigenvalue weighted by Crippen LogP contribution is -2.26. The monoisotopic (exact) mass is 396 g/mol. The van der Waals surface area contributed by atoms with Crippen molar-refractivity contribution < 1.29 is 23.2 Å². The zero-order valence-electron chi connectivity index (χ0n) is 17.0. The highest BCUT2D eigenvalue weighted by atomic mass is 16.5. The number of carbonyl (C=O) groups is 2. The topological polar surface area (TPSA) is 85.8 Å².